The molecule has 0 radical (unpaired) electrons. The third kappa shape index (κ3) is 3.34. The summed E-state index contributed by atoms with van der Waals surface area (Å²) in [6.07, 6.45) is 7.48. The summed E-state index contributed by atoms with van der Waals surface area (Å²) in [4.78, 5) is 12.7. The summed E-state index contributed by atoms with van der Waals surface area (Å²) in [6, 6.07) is 0. The first-order chi connectivity index (χ1) is 8.63. The molecular formula is C16H30O2. The van der Waals surface area contributed by atoms with E-state index in [1.807, 2.05) is 6.92 Å². The maximum Gasteiger partial charge on any atom is 0.167 e. The second kappa shape index (κ2) is 7.28. The van der Waals surface area contributed by atoms with E-state index in [1.165, 1.54) is 19.3 Å². The van der Waals surface area contributed by atoms with Crippen molar-refractivity contribution in [2.24, 2.45) is 11.8 Å². The van der Waals surface area contributed by atoms with Crippen molar-refractivity contribution in [2.45, 2.75) is 78.2 Å². The third-order valence-electron chi connectivity index (χ3n) is 4.81. The topological polar surface area (TPSA) is 26.3 Å². The van der Waals surface area contributed by atoms with Crippen LogP contribution >= 0.6 is 0 Å². The maximum absolute atomic E-state index is 12.7. The first-order valence-electron chi connectivity index (χ1n) is 7.81. The number of Topliss-reactive ketones (excluding diaryl/α,β-unsaturated/α-hetero) is 1. The normalized spacial score (nSPS) is 25.1. The molecule has 2 heteroatoms. The monoisotopic (exact) mass is 254 g/mol. The molecule has 1 aliphatic rings. The van der Waals surface area contributed by atoms with Crippen LogP contribution in [0.4, 0.5) is 0 Å². The van der Waals surface area contributed by atoms with E-state index >= 15 is 0 Å². The summed E-state index contributed by atoms with van der Waals surface area (Å²) < 4.78 is 5.85. The van der Waals surface area contributed by atoms with E-state index < -0.39 is 5.60 Å². The third-order valence-corrected chi connectivity index (χ3v) is 4.81. The fraction of sp³-hybridized carbons (Fsp3) is 0.938. The van der Waals surface area contributed by atoms with Crippen molar-refractivity contribution >= 4 is 5.78 Å². The van der Waals surface area contributed by atoms with Gasteiger partial charge in [-0.1, -0.05) is 27.2 Å². The first kappa shape index (κ1) is 15.7. The van der Waals surface area contributed by atoms with Crippen molar-refractivity contribution in [1.82, 2.24) is 0 Å². The zero-order chi connectivity index (χ0) is 13.6. The number of ether oxygens (including phenoxy) is 1. The quantitative estimate of drug-likeness (QED) is 0.674. The summed E-state index contributed by atoms with van der Waals surface area (Å²) in [5.74, 6) is 1.47. The molecule has 0 aromatic rings. The van der Waals surface area contributed by atoms with Gasteiger partial charge in [-0.25, -0.2) is 0 Å². The van der Waals surface area contributed by atoms with E-state index in [0.717, 1.165) is 31.6 Å². The summed E-state index contributed by atoms with van der Waals surface area (Å²) in [5, 5.41) is 0. The Labute approximate surface area is 112 Å². The van der Waals surface area contributed by atoms with Gasteiger partial charge in [0.15, 0.2) is 5.78 Å². The second-order valence-electron chi connectivity index (χ2n) is 5.62. The zero-order valence-electron chi connectivity index (χ0n) is 12.6. The molecule has 0 spiro atoms. The van der Waals surface area contributed by atoms with E-state index in [2.05, 4.69) is 20.8 Å². The largest absolute Gasteiger partial charge is 0.368 e. The van der Waals surface area contributed by atoms with Gasteiger partial charge in [-0.15, -0.1) is 0 Å². The minimum atomic E-state index is -0.502. The van der Waals surface area contributed by atoms with Crippen LogP contribution in [0, 0.1) is 11.8 Å². The molecule has 0 bridgehead atoms. The number of carbonyl (C=O) groups is 1. The summed E-state index contributed by atoms with van der Waals surface area (Å²) in [7, 11) is 0. The number of hydrogen-bond donors (Lipinski definition) is 0. The summed E-state index contributed by atoms with van der Waals surface area (Å²) >= 11 is 0. The van der Waals surface area contributed by atoms with Crippen molar-refractivity contribution in [2.75, 3.05) is 6.61 Å². The highest BCUT2D eigenvalue weighted by Gasteiger charge is 2.40. The number of carbonyl (C=O) groups excluding carboxylic acids is 1. The number of ketones is 1. The van der Waals surface area contributed by atoms with E-state index in [9.17, 15) is 4.79 Å². The zero-order valence-corrected chi connectivity index (χ0v) is 12.6. The molecule has 18 heavy (non-hydrogen) atoms. The Balaban J connectivity index is 2.67. The molecule has 1 fully saturated rings. The van der Waals surface area contributed by atoms with Gasteiger partial charge in [0, 0.05) is 12.5 Å². The Kier molecular flexibility index (Phi) is 6.34. The molecule has 0 saturated heterocycles. The summed E-state index contributed by atoms with van der Waals surface area (Å²) in [5.41, 5.74) is -0.502. The van der Waals surface area contributed by atoms with E-state index in [4.69, 9.17) is 4.74 Å². The first-order valence-corrected chi connectivity index (χ1v) is 7.81. The number of hydrogen-bond acceptors (Lipinski definition) is 2. The molecule has 0 aromatic heterocycles. The molecule has 106 valence electrons. The Hall–Kier alpha value is -0.370. The minimum absolute atomic E-state index is 0.249. The summed E-state index contributed by atoms with van der Waals surface area (Å²) in [6.45, 7) is 9.04. The van der Waals surface area contributed by atoms with Crippen molar-refractivity contribution in [1.29, 1.82) is 0 Å². The van der Waals surface area contributed by atoms with E-state index in [-0.39, 0.29) is 5.92 Å². The van der Waals surface area contributed by atoms with Gasteiger partial charge in [-0.3, -0.25) is 4.79 Å². The Morgan fingerprint density at radius 1 is 1.06 bits per heavy atom. The highest BCUT2D eigenvalue weighted by atomic mass is 16.5. The van der Waals surface area contributed by atoms with Crippen LogP contribution in [0.15, 0.2) is 0 Å². The Morgan fingerprint density at radius 3 is 2.00 bits per heavy atom. The van der Waals surface area contributed by atoms with Crippen LogP contribution in [0.3, 0.4) is 0 Å². The van der Waals surface area contributed by atoms with Gasteiger partial charge in [-0.2, -0.15) is 0 Å². The second-order valence-corrected chi connectivity index (χ2v) is 5.62. The van der Waals surface area contributed by atoms with Crippen LogP contribution in [0.1, 0.15) is 72.6 Å². The average molecular weight is 254 g/mol. The lowest BCUT2D eigenvalue weighted by Gasteiger charge is -2.36. The van der Waals surface area contributed by atoms with E-state index in [0.29, 0.717) is 12.4 Å². The van der Waals surface area contributed by atoms with Crippen molar-refractivity contribution in [3.63, 3.8) is 0 Å². The molecule has 0 atom stereocenters. The van der Waals surface area contributed by atoms with Gasteiger partial charge in [-0.05, 0) is 51.4 Å². The van der Waals surface area contributed by atoms with Gasteiger partial charge in [0.25, 0.3) is 0 Å². The lowest BCUT2D eigenvalue weighted by atomic mass is 9.74. The minimum Gasteiger partial charge on any atom is -0.368 e. The molecule has 1 rings (SSSR count). The van der Waals surface area contributed by atoms with Crippen LogP contribution in [-0.2, 0) is 9.53 Å². The van der Waals surface area contributed by atoms with Crippen LogP contribution in [0.2, 0.25) is 0 Å². The molecular weight excluding hydrogens is 224 g/mol. The van der Waals surface area contributed by atoms with E-state index in [1.54, 1.807) is 0 Å². The fourth-order valence-electron chi connectivity index (χ4n) is 3.35. The fourth-order valence-corrected chi connectivity index (χ4v) is 3.35. The van der Waals surface area contributed by atoms with Crippen LogP contribution in [0.25, 0.3) is 0 Å². The predicted molar refractivity (Wildman–Crippen MR) is 75.7 cm³/mol. The van der Waals surface area contributed by atoms with Gasteiger partial charge < -0.3 is 4.74 Å². The molecule has 0 amide bonds. The highest BCUT2D eigenvalue weighted by molar-refractivity contribution is 5.89. The Morgan fingerprint density at radius 2 is 1.61 bits per heavy atom. The molecule has 0 N–H and O–H groups in total. The van der Waals surface area contributed by atoms with Crippen LogP contribution in [-0.4, -0.2) is 18.0 Å². The smallest absolute Gasteiger partial charge is 0.167 e. The van der Waals surface area contributed by atoms with Gasteiger partial charge in [0.1, 0.15) is 5.60 Å². The molecule has 1 aliphatic carbocycles. The molecule has 1 saturated carbocycles. The SMILES string of the molecule is CCOC(CC)(CC)C(=O)C1CCC(CC)CC1. The molecule has 2 nitrogen and oxygen atoms in total. The maximum atomic E-state index is 12.7. The molecule has 0 heterocycles. The number of rotatable bonds is 7. The molecule has 0 aliphatic heterocycles. The van der Waals surface area contributed by atoms with Gasteiger partial charge in [0.05, 0.1) is 0 Å². The lowest BCUT2D eigenvalue weighted by Crippen LogP contribution is -2.45. The van der Waals surface area contributed by atoms with Crippen LogP contribution in [0.5, 0.6) is 0 Å². The molecule has 0 aromatic carbocycles. The van der Waals surface area contributed by atoms with Crippen molar-refractivity contribution < 1.29 is 9.53 Å². The van der Waals surface area contributed by atoms with Crippen molar-refractivity contribution in [3.05, 3.63) is 0 Å². The van der Waals surface area contributed by atoms with Crippen LogP contribution < -0.4 is 0 Å². The highest BCUT2D eigenvalue weighted by Crippen LogP contribution is 2.36. The lowest BCUT2D eigenvalue weighted by molar-refractivity contribution is -0.151. The molecule has 0 unspecified atom stereocenters. The average Bonchev–Trinajstić information content (AvgIpc) is 2.44. The standard InChI is InChI=1S/C16H30O2/c1-5-13-9-11-14(12-10-13)15(17)16(6-2,7-3)18-8-4/h13-14H,5-12H2,1-4H3. The van der Waals surface area contributed by atoms with Gasteiger partial charge in [0.2, 0.25) is 0 Å². The Bertz CT molecular complexity index is 248. The van der Waals surface area contributed by atoms with Gasteiger partial charge >= 0.3 is 0 Å². The van der Waals surface area contributed by atoms with Crippen molar-refractivity contribution in [3.8, 4) is 0 Å². The predicted octanol–water partition coefficient (Wildman–Crippen LogP) is 4.37.